The summed E-state index contributed by atoms with van der Waals surface area (Å²) in [6, 6.07) is 16.5. The molecule has 2 aromatic rings. The van der Waals surface area contributed by atoms with Crippen molar-refractivity contribution in [3.8, 4) is 0 Å². The third-order valence-corrected chi connectivity index (χ3v) is 7.53. The van der Waals surface area contributed by atoms with E-state index in [-0.39, 0.29) is 18.4 Å². The second-order valence-electron chi connectivity index (χ2n) is 9.54. The number of amides is 2. The Bertz CT molecular complexity index is 1270. The highest BCUT2D eigenvalue weighted by Crippen LogP contribution is 2.34. The molecule has 1 aliphatic carbocycles. The van der Waals surface area contributed by atoms with Crippen LogP contribution in [0.25, 0.3) is 0 Å². The predicted molar refractivity (Wildman–Crippen MR) is 143 cm³/mol. The van der Waals surface area contributed by atoms with Gasteiger partial charge >= 0.3 is 0 Å². The smallest absolute Gasteiger partial charge is 0.263 e. The number of ether oxygens (including phenoxy) is 2. The molecular formula is C30H33N3O4. The monoisotopic (exact) mass is 499 g/mol. The fraction of sp³-hybridized carbons (Fsp3) is 0.333. The van der Waals surface area contributed by atoms with Crippen LogP contribution in [0.3, 0.4) is 0 Å². The van der Waals surface area contributed by atoms with E-state index in [1.54, 1.807) is 20.3 Å². The van der Waals surface area contributed by atoms with E-state index in [9.17, 15) is 9.59 Å². The van der Waals surface area contributed by atoms with Crippen molar-refractivity contribution >= 4 is 17.5 Å². The third-order valence-electron chi connectivity index (χ3n) is 7.53. The van der Waals surface area contributed by atoms with E-state index in [1.807, 2.05) is 36.4 Å². The SMILES string of the molecule is COC1=CC=C(CN2C(=O)c3cccc(N4CCN(C(C)c5ccccc5)CC4)c3C2=O)CC=C1OC. The Hall–Kier alpha value is -3.84. The summed E-state index contributed by atoms with van der Waals surface area (Å²) in [6.45, 7) is 5.85. The minimum absolute atomic E-state index is 0.229. The van der Waals surface area contributed by atoms with Crippen molar-refractivity contribution in [2.75, 3.05) is 51.8 Å². The zero-order valence-corrected chi connectivity index (χ0v) is 21.6. The van der Waals surface area contributed by atoms with Gasteiger partial charge in [-0.1, -0.05) is 42.5 Å². The largest absolute Gasteiger partial charge is 0.493 e. The Morgan fingerprint density at radius 2 is 1.57 bits per heavy atom. The van der Waals surface area contributed by atoms with Crippen molar-refractivity contribution in [1.29, 1.82) is 0 Å². The summed E-state index contributed by atoms with van der Waals surface area (Å²) in [5.41, 5.74) is 4.09. The molecule has 7 nitrogen and oxygen atoms in total. The Labute approximate surface area is 218 Å². The average Bonchev–Trinajstić information content (AvgIpc) is 3.08. The second kappa shape index (κ2) is 10.6. The highest BCUT2D eigenvalue weighted by Gasteiger charge is 2.39. The first kappa shape index (κ1) is 24.8. The molecule has 1 atom stereocenters. The molecule has 1 fully saturated rings. The molecule has 1 saturated heterocycles. The maximum Gasteiger partial charge on any atom is 0.263 e. The zero-order valence-electron chi connectivity index (χ0n) is 21.6. The van der Waals surface area contributed by atoms with E-state index in [4.69, 9.17) is 9.47 Å². The number of allylic oxidation sites excluding steroid dienone is 3. The highest BCUT2D eigenvalue weighted by atomic mass is 16.5. The highest BCUT2D eigenvalue weighted by molar-refractivity contribution is 6.24. The lowest BCUT2D eigenvalue weighted by Gasteiger charge is -2.39. The molecule has 2 heterocycles. The van der Waals surface area contributed by atoms with Gasteiger partial charge in [0.25, 0.3) is 11.8 Å². The van der Waals surface area contributed by atoms with Gasteiger partial charge in [0.2, 0.25) is 0 Å². The van der Waals surface area contributed by atoms with E-state index >= 15 is 0 Å². The normalized spacial score (nSPS) is 19.1. The molecule has 3 aliphatic rings. The van der Waals surface area contributed by atoms with Crippen LogP contribution >= 0.6 is 0 Å². The Morgan fingerprint density at radius 1 is 0.838 bits per heavy atom. The molecule has 37 heavy (non-hydrogen) atoms. The summed E-state index contributed by atoms with van der Waals surface area (Å²) >= 11 is 0. The van der Waals surface area contributed by atoms with Crippen LogP contribution in [-0.4, -0.2) is 68.6 Å². The van der Waals surface area contributed by atoms with Crippen molar-refractivity contribution < 1.29 is 19.1 Å². The fourth-order valence-electron chi connectivity index (χ4n) is 5.36. The first-order valence-corrected chi connectivity index (χ1v) is 12.7. The topological polar surface area (TPSA) is 62.3 Å². The number of imide groups is 1. The molecule has 0 bridgehead atoms. The molecule has 5 rings (SSSR count). The van der Waals surface area contributed by atoms with Crippen LogP contribution in [0.5, 0.6) is 0 Å². The Morgan fingerprint density at radius 3 is 2.27 bits per heavy atom. The zero-order chi connectivity index (χ0) is 25.9. The lowest BCUT2D eigenvalue weighted by atomic mass is 10.0. The fourth-order valence-corrected chi connectivity index (χ4v) is 5.36. The molecular weight excluding hydrogens is 466 g/mol. The summed E-state index contributed by atoms with van der Waals surface area (Å²) in [6.07, 6.45) is 6.19. The van der Waals surface area contributed by atoms with Crippen molar-refractivity contribution in [2.24, 2.45) is 0 Å². The molecule has 0 aromatic heterocycles. The van der Waals surface area contributed by atoms with Crippen LogP contribution in [0.15, 0.2) is 83.9 Å². The number of fused-ring (bicyclic) bond motifs is 1. The molecule has 2 amide bonds. The van der Waals surface area contributed by atoms with Crippen LogP contribution < -0.4 is 4.90 Å². The van der Waals surface area contributed by atoms with Crippen molar-refractivity contribution in [3.63, 3.8) is 0 Å². The van der Waals surface area contributed by atoms with Gasteiger partial charge in [-0.25, -0.2) is 0 Å². The summed E-state index contributed by atoms with van der Waals surface area (Å²) in [5.74, 6) is 0.782. The first-order chi connectivity index (χ1) is 18.0. The first-order valence-electron chi connectivity index (χ1n) is 12.7. The molecule has 0 spiro atoms. The van der Waals surface area contributed by atoms with Gasteiger partial charge in [-0.3, -0.25) is 19.4 Å². The van der Waals surface area contributed by atoms with Gasteiger partial charge in [0.15, 0.2) is 11.5 Å². The number of anilines is 1. The number of carbonyl (C=O) groups is 2. The van der Waals surface area contributed by atoms with Gasteiger partial charge in [-0.2, -0.15) is 0 Å². The number of piperazine rings is 1. The number of nitrogens with zero attached hydrogens (tertiary/aromatic N) is 3. The average molecular weight is 500 g/mol. The standard InChI is InChI=1S/C30H33N3O4/c1-21(23-8-5-4-6-9-23)31-16-18-32(19-17-31)25-11-7-10-24-28(25)30(35)33(29(24)34)20-22-12-14-26(36-2)27(37-3)15-13-22/h4-12,14-15,21H,13,16-20H2,1-3H3. The van der Waals surface area contributed by atoms with E-state index in [0.29, 0.717) is 35.1 Å². The van der Waals surface area contributed by atoms with Crippen molar-refractivity contribution in [2.45, 2.75) is 19.4 Å². The van der Waals surface area contributed by atoms with Gasteiger partial charge < -0.3 is 14.4 Å². The Kier molecular flexibility index (Phi) is 7.15. The van der Waals surface area contributed by atoms with Gasteiger partial charge in [0.05, 0.1) is 37.6 Å². The lowest BCUT2D eigenvalue weighted by molar-refractivity contribution is 0.0667. The quantitative estimate of drug-likeness (QED) is 0.521. The molecule has 2 aromatic carbocycles. The summed E-state index contributed by atoms with van der Waals surface area (Å²) in [4.78, 5) is 33.0. The van der Waals surface area contributed by atoms with Gasteiger partial charge in [-0.05, 0) is 48.8 Å². The van der Waals surface area contributed by atoms with Gasteiger partial charge in [0, 0.05) is 32.2 Å². The van der Waals surface area contributed by atoms with E-state index in [0.717, 1.165) is 37.4 Å². The number of methoxy groups -OCH3 is 2. The maximum atomic E-state index is 13.6. The number of hydrogen-bond donors (Lipinski definition) is 0. The molecule has 1 unspecified atom stereocenters. The maximum absolute atomic E-state index is 13.6. The second-order valence-corrected chi connectivity index (χ2v) is 9.54. The Balaban J connectivity index is 1.31. The molecule has 7 heteroatoms. The molecule has 192 valence electrons. The summed E-state index contributed by atoms with van der Waals surface area (Å²) in [5, 5.41) is 0. The van der Waals surface area contributed by atoms with Crippen LogP contribution in [0.1, 0.15) is 45.7 Å². The summed E-state index contributed by atoms with van der Waals surface area (Å²) < 4.78 is 10.8. The number of rotatable bonds is 7. The summed E-state index contributed by atoms with van der Waals surface area (Å²) in [7, 11) is 3.18. The predicted octanol–water partition coefficient (Wildman–Crippen LogP) is 4.56. The third kappa shape index (κ3) is 4.79. The van der Waals surface area contributed by atoms with E-state index in [2.05, 4.69) is 41.0 Å². The minimum Gasteiger partial charge on any atom is -0.493 e. The molecule has 0 N–H and O–H groups in total. The number of carbonyl (C=O) groups excluding carboxylic acids is 2. The lowest BCUT2D eigenvalue weighted by Crippen LogP contribution is -2.47. The van der Waals surface area contributed by atoms with Crippen LogP contribution in [0.4, 0.5) is 5.69 Å². The minimum atomic E-state index is -0.241. The van der Waals surface area contributed by atoms with Crippen molar-refractivity contribution in [3.05, 3.63) is 101 Å². The van der Waals surface area contributed by atoms with Gasteiger partial charge in [-0.15, -0.1) is 0 Å². The number of hydrogen-bond acceptors (Lipinski definition) is 6. The van der Waals surface area contributed by atoms with E-state index in [1.165, 1.54) is 10.5 Å². The number of benzene rings is 2. The van der Waals surface area contributed by atoms with Crippen molar-refractivity contribution in [1.82, 2.24) is 9.80 Å². The van der Waals surface area contributed by atoms with Crippen LogP contribution in [-0.2, 0) is 9.47 Å². The molecule has 2 aliphatic heterocycles. The van der Waals surface area contributed by atoms with Crippen LogP contribution in [0.2, 0.25) is 0 Å². The van der Waals surface area contributed by atoms with E-state index < -0.39 is 0 Å². The molecule has 0 radical (unpaired) electrons. The van der Waals surface area contributed by atoms with Crippen LogP contribution in [0, 0.1) is 0 Å². The van der Waals surface area contributed by atoms with Gasteiger partial charge in [0.1, 0.15) is 0 Å². The molecule has 0 saturated carbocycles.